The van der Waals surface area contributed by atoms with Crippen LogP contribution in [0, 0.1) is 5.41 Å². The highest BCUT2D eigenvalue weighted by Gasteiger charge is 2.38. The van der Waals surface area contributed by atoms with Crippen molar-refractivity contribution in [2.45, 2.75) is 38.5 Å². The number of nitrogens with one attached hydrogen (secondary N) is 2. The predicted molar refractivity (Wildman–Crippen MR) is 65.1 cm³/mol. The molecule has 1 saturated carbocycles. The van der Waals surface area contributed by atoms with Gasteiger partial charge >= 0.3 is 12.0 Å². The molecule has 0 aromatic carbocycles. The van der Waals surface area contributed by atoms with Gasteiger partial charge in [-0.15, -0.1) is 0 Å². The maximum absolute atomic E-state index is 11.9. The zero-order valence-corrected chi connectivity index (χ0v) is 10.5. The number of carboxylic acid groups (broad SMARTS) is 1. The highest BCUT2D eigenvalue weighted by atomic mass is 19.1. The lowest BCUT2D eigenvalue weighted by molar-refractivity contribution is -0.149. The molecule has 1 aliphatic rings. The standard InChI is InChI=1S/C12H21FN2O3/c13-7-8-14-11(18)15-9-12(10(16)17)5-3-1-2-4-6-12/h1-9H2,(H,16,17)(H2,14,15,18). The third-order valence-corrected chi connectivity index (χ3v) is 3.48. The predicted octanol–water partition coefficient (Wildman–Crippen LogP) is 1.68. The summed E-state index contributed by atoms with van der Waals surface area (Å²) in [6.45, 7) is -0.566. The van der Waals surface area contributed by atoms with Crippen molar-refractivity contribution in [3.05, 3.63) is 0 Å². The first-order valence-electron chi connectivity index (χ1n) is 6.42. The minimum absolute atomic E-state index is 0.0497. The summed E-state index contributed by atoms with van der Waals surface area (Å²) in [5.41, 5.74) is -0.858. The van der Waals surface area contributed by atoms with E-state index in [1.54, 1.807) is 0 Å². The molecule has 5 nitrogen and oxygen atoms in total. The van der Waals surface area contributed by atoms with Crippen LogP contribution < -0.4 is 10.6 Å². The van der Waals surface area contributed by atoms with Crippen LogP contribution in [0.15, 0.2) is 0 Å². The van der Waals surface area contributed by atoms with E-state index in [1.807, 2.05) is 0 Å². The van der Waals surface area contributed by atoms with E-state index >= 15 is 0 Å². The molecule has 3 N–H and O–H groups in total. The summed E-state index contributed by atoms with van der Waals surface area (Å²) in [5.74, 6) is -0.852. The van der Waals surface area contributed by atoms with Crippen LogP contribution in [0.1, 0.15) is 38.5 Å². The molecule has 1 fully saturated rings. The third kappa shape index (κ3) is 4.16. The number of halogens is 1. The Morgan fingerprint density at radius 2 is 1.72 bits per heavy atom. The fourth-order valence-electron chi connectivity index (χ4n) is 2.34. The zero-order chi connectivity index (χ0) is 13.4. The van der Waals surface area contributed by atoms with E-state index in [0.717, 1.165) is 25.7 Å². The molecule has 0 aromatic heterocycles. The summed E-state index contributed by atoms with van der Waals surface area (Å²) in [5, 5.41) is 14.2. The molecule has 2 amide bonds. The van der Waals surface area contributed by atoms with Crippen molar-refractivity contribution in [1.29, 1.82) is 0 Å². The number of hydrogen-bond donors (Lipinski definition) is 3. The molecule has 0 unspecified atom stereocenters. The second kappa shape index (κ2) is 7.18. The Kier molecular flexibility index (Phi) is 5.88. The first kappa shape index (κ1) is 14.7. The molecule has 0 radical (unpaired) electrons. The molecule has 0 spiro atoms. The molecule has 0 aliphatic heterocycles. The van der Waals surface area contributed by atoms with Crippen LogP contribution in [0.4, 0.5) is 9.18 Å². The average molecular weight is 260 g/mol. The summed E-state index contributed by atoms with van der Waals surface area (Å²) in [6.07, 6.45) is 5.02. The lowest BCUT2D eigenvalue weighted by Crippen LogP contribution is -2.46. The number of urea groups is 1. The Morgan fingerprint density at radius 3 is 2.22 bits per heavy atom. The molecule has 0 bridgehead atoms. The first-order chi connectivity index (χ1) is 8.60. The monoisotopic (exact) mass is 260 g/mol. The minimum Gasteiger partial charge on any atom is -0.481 e. The number of hydrogen-bond acceptors (Lipinski definition) is 2. The molecule has 1 rings (SSSR count). The van der Waals surface area contributed by atoms with E-state index < -0.39 is 24.1 Å². The van der Waals surface area contributed by atoms with Gasteiger partial charge in [-0.05, 0) is 12.8 Å². The van der Waals surface area contributed by atoms with Crippen LogP contribution in [0.3, 0.4) is 0 Å². The Morgan fingerprint density at radius 1 is 1.11 bits per heavy atom. The van der Waals surface area contributed by atoms with Crippen molar-refractivity contribution in [2.24, 2.45) is 5.41 Å². The Hall–Kier alpha value is -1.33. The first-order valence-corrected chi connectivity index (χ1v) is 6.42. The highest BCUT2D eigenvalue weighted by Crippen LogP contribution is 2.34. The van der Waals surface area contributed by atoms with Gasteiger partial charge < -0.3 is 15.7 Å². The second-order valence-corrected chi connectivity index (χ2v) is 4.80. The Bertz CT molecular complexity index is 289. The minimum atomic E-state index is -0.858. The second-order valence-electron chi connectivity index (χ2n) is 4.80. The summed E-state index contributed by atoms with van der Waals surface area (Å²) in [7, 11) is 0. The van der Waals surface area contributed by atoms with Crippen LogP contribution in [0.5, 0.6) is 0 Å². The van der Waals surface area contributed by atoms with Gasteiger partial charge in [-0.2, -0.15) is 0 Å². The maximum atomic E-state index is 11.9. The SMILES string of the molecule is O=C(NCCF)NCC1(C(=O)O)CCCCCC1. The summed E-state index contributed by atoms with van der Waals surface area (Å²) in [6, 6.07) is -0.502. The molecule has 6 heteroatoms. The van der Waals surface area contributed by atoms with Gasteiger partial charge in [-0.3, -0.25) is 4.79 Å². The van der Waals surface area contributed by atoms with Crippen LogP contribution in [-0.2, 0) is 4.79 Å². The van der Waals surface area contributed by atoms with Gasteiger partial charge in [0, 0.05) is 13.1 Å². The van der Waals surface area contributed by atoms with Crippen molar-refractivity contribution in [2.75, 3.05) is 19.8 Å². The van der Waals surface area contributed by atoms with E-state index in [9.17, 15) is 19.1 Å². The van der Waals surface area contributed by atoms with Gasteiger partial charge in [0.05, 0.1) is 5.41 Å². The topological polar surface area (TPSA) is 78.4 Å². The molecular weight excluding hydrogens is 239 g/mol. The van der Waals surface area contributed by atoms with Gasteiger partial charge in [-0.1, -0.05) is 25.7 Å². The molecule has 0 aromatic rings. The molecule has 104 valence electrons. The number of carbonyl (C=O) groups is 2. The van der Waals surface area contributed by atoms with E-state index in [2.05, 4.69) is 10.6 Å². The number of carbonyl (C=O) groups excluding carboxylic acids is 1. The van der Waals surface area contributed by atoms with Crippen molar-refractivity contribution in [3.8, 4) is 0 Å². The number of carboxylic acids is 1. The van der Waals surface area contributed by atoms with Gasteiger partial charge in [0.2, 0.25) is 0 Å². The Labute approximate surface area is 106 Å². The van der Waals surface area contributed by atoms with Crippen molar-refractivity contribution < 1.29 is 19.1 Å². The van der Waals surface area contributed by atoms with E-state index in [-0.39, 0.29) is 13.1 Å². The quantitative estimate of drug-likeness (QED) is 0.658. The molecule has 0 saturated heterocycles. The fraction of sp³-hybridized carbons (Fsp3) is 0.833. The fourth-order valence-corrected chi connectivity index (χ4v) is 2.34. The average Bonchev–Trinajstić information content (AvgIpc) is 2.60. The summed E-state index contributed by atoms with van der Waals surface area (Å²) >= 11 is 0. The number of rotatable bonds is 5. The van der Waals surface area contributed by atoms with E-state index in [4.69, 9.17) is 0 Å². The van der Waals surface area contributed by atoms with Crippen LogP contribution >= 0.6 is 0 Å². The number of alkyl halides is 1. The van der Waals surface area contributed by atoms with Crippen molar-refractivity contribution in [3.63, 3.8) is 0 Å². The number of aliphatic carboxylic acids is 1. The van der Waals surface area contributed by atoms with Crippen LogP contribution in [-0.4, -0.2) is 36.9 Å². The lowest BCUT2D eigenvalue weighted by atomic mass is 9.80. The van der Waals surface area contributed by atoms with Gasteiger partial charge in [-0.25, -0.2) is 9.18 Å². The van der Waals surface area contributed by atoms with Gasteiger partial charge in [0.15, 0.2) is 0 Å². The Balaban J connectivity index is 2.51. The maximum Gasteiger partial charge on any atom is 0.314 e. The van der Waals surface area contributed by atoms with Crippen molar-refractivity contribution in [1.82, 2.24) is 10.6 Å². The molecule has 1 aliphatic carbocycles. The summed E-state index contributed by atoms with van der Waals surface area (Å²) < 4.78 is 11.9. The van der Waals surface area contributed by atoms with Crippen LogP contribution in [0.2, 0.25) is 0 Å². The number of amides is 2. The largest absolute Gasteiger partial charge is 0.481 e. The van der Waals surface area contributed by atoms with Gasteiger partial charge in [0.25, 0.3) is 0 Å². The van der Waals surface area contributed by atoms with Crippen LogP contribution in [0.25, 0.3) is 0 Å². The van der Waals surface area contributed by atoms with Crippen molar-refractivity contribution >= 4 is 12.0 Å². The molecular formula is C12H21FN2O3. The molecule has 0 heterocycles. The zero-order valence-electron chi connectivity index (χ0n) is 10.5. The highest BCUT2D eigenvalue weighted by molar-refractivity contribution is 5.78. The van der Waals surface area contributed by atoms with Gasteiger partial charge in [0.1, 0.15) is 6.67 Å². The third-order valence-electron chi connectivity index (χ3n) is 3.48. The molecule has 0 atom stereocenters. The summed E-state index contributed by atoms with van der Waals surface area (Å²) in [4.78, 5) is 22.7. The smallest absolute Gasteiger partial charge is 0.314 e. The van der Waals surface area contributed by atoms with E-state index in [1.165, 1.54) is 0 Å². The van der Waals surface area contributed by atoms with E-state index in [0.29, 0.717) is 12.8 Å². The molecule has 18 heavy (non-hydrogen) atoms. The lowest BCUT2D eigenvalue weighted by Gasteiger charge is -2.28. The normalized spacial score (nSPS) is 18.7.